The molecule has 0 aromatic heterocycles. The predicted molar refractivity (Wildman–Crippen MR) is 112 cm³/mol. The summed E-state index contributed by atoms with van der Waals surface area (Å²) in [5.74, 6) is -1.42. The second-order valence-corrected chi connectivity index (χ2v) is 6.70. The number of hydrogen-bond acceptors (Lipinski definition) is 2. The molecule has 0 aliphatic carbocycles. The number of halogens is 2. The van der Waals surface area contributed by atoms with Gasteiger partial charge in [-0.1, -0.05) is 59.6 Å². The number of rotatable bonds is 5. The first-order chi connectivity index (χ1) is 13.5. The Bertz CT molecular complexity index is 1010. The molecule has 0 bridgehead atoms. The summed E-state index contributed by atoms with van der Waals surface area (Å²) in [6.45, 7) is 0. The van der Waals surface area contributed by atoms with Crippen LogP contribution in [0.2, 0.25) is 10.0 Å². The van der Waals surface area contributed by atoms with E-state index >= 15 is 0 Å². The first kappa shape index (κ1) is 19.7. The summed E-state index contributed by atoms with van der Waals surface area (Å²) in [4.78, 5) is 23.6. The van der Waals surface area contributed by atoms with Crippen molar-refractivity contribution in [2.45, 2.75) is 0 Å². The molecule has 3 aromatic rings. The lowest BCUT2D eigenvalue weighted by Crippen LogP contribution is -2.09. The lowest BCUT2D eigenvalue weighted by Gasteiger charge is -2.12. The van der Waals surface area contributed by atoms with Gasteiger partial charge in [0, 0.05) is 32.9 Å². The second-order valence-electron chi connectivity index (χ2n) is 5.89. The normalized spacial score (nSPS) is 10.2. The number of carbonyl (C=O) groups is 2. The van der Waals surface area contributed by atoms with Gasteiger partial charge in [-0.05, 0) is 42.0 Å². The zero-order chi connectivity index (χ0) is 20.1. The average molecular weight is 412 g/mol. The highest BCUT2D eigenvalue weighted by molar-refractivity contribution is 6.34. The Morgan fingerprint density at radius 3 is 1.75 bits per heavy atom. The van der Waals surface area contributed by atoms with Crippen LogP contribution in [0.3, 0.4) is 0 Å². The van der Waals surface area contributed by atoms with Gasteiger partial charge >= 0.3 is 5.97 Å². The Hall–Kier alpha value is -3.08. The molecule has 140 valence electrons. The molecular weight excluding hydrogens is 397 g/mol. The van der Waals surface area contributed by atoms with E-state index in [1.807, 2.05) is 24.3 Å². The van der Waals surface area contributed by atoms with Crippen LogP contribution in [0, 0.1) is 0 Å². The number of amides is 1. The maximum absolute atomic E-state index is 12.6. The van der Waals surface area contributed by atoms with Crippen LogP contribution in [0.15, 0.2) is 78.9 Å². The number of aromatic carboxylic acids is 1. The fourth-order valence-electron chi connectivity index (χ4n) is 2.67. The number of anilines is 1. The molecule has 0 saturated carbocycles. The Balaban J connectivity index is 1.97. The van der Waals surface area contributed by atoms with Crippen LogP contribution >= 0.6 is 23.2 Å². The van der Waals surface area contributed by atoms with Gasteiger partial charge in [0.05, 0.1) is 5.56 Å². The summed E-state index contributed by atoms with van der Waals surface area (Å²) < 4.78 is 0. The van der Waals surface area contributed by atoms with Gasteiger partial charge < -0.3 is 10.4 Å². The molecular formula is C22H15Cl2NO3. The molecule has 2 N–H and O–H groups in total. The van der Waals surface area contributed by atoms with Crippen LogP contribution in [-0.2, 0) is 4.79 Å². The van der Waals surface area contributed by atoms with E-state index in [-0.39, 0.29) is 5.56 Å². The largest absolute Gasteiger partial charge is 0.478 e. The summed E-state index contributed by atoms with van der Waals surface area (Å²) in [5.41, 5.74) is 2.54. The van der Waals surface area contributed by atoms with Gasteiger partial charge in [0.25, 0.3) is 0 Å². The van der Waals surface area contributed by atoms with Crippen molar-refractivity contribution < 1.29 is 14.7 Å². The van der Waals surface area contributed by atoms with Crippen LogP contribution in [0.5, 0.6) is 0 Å². The van der Waals surface area contributed by atoms with E-state index in [9.17, 15) is 9.59 Å². The minimum atomic E-state index is -1.03. The third kappa shape index (κ3) is 4.60. The summed E-state index contributed by atoms with van der Waals surface area (Å²) in [6.07, 6.45) is 1.42. The van der Waals surface area contributed by atoms with Gasteiger partial charge in [-0.15, -0.1) is 0 Å². The molecule has 0 spiro atoms. The molecule has 1 amide bonds. The maximum Gasteiger partial charge on any atom is 0.335 e. The van der Waals surface area contributed by atoms with E-state index in [1.165, 1.54) is 30.3 Å². The van der Waals surface area contributed by atoms with E-state index in [2.05, 4.69) is 5.32 Å². The van der Waals surface area contributed by atoms with Gasteiger partial charge in [-0.25, -0.2) is 4.79 Å². The quantitative estimate of drug-likeness (QED) is 0.524. The van der Waals surface area contributed by atoms with E-state index in [0.717, 1.165) is 0 Å². The van der Waals surface area contributed by atoms with Gasteiger partial charge in [0.1, 0.15) is 0 Å². The standard InChI is InChI=1S/C22H15Cl2NO3/c23-19-7-3-1-5-16(19)18(17-6-2-4-8-20(17)24)13-21(26)25-15-11-9-14(10-12-15)22(27)28/h1-13H,(H,25,26)(H,27,28). The highest BCUT2D eigenvalue weighted by Crippen LogP contribution is 2.33. The highest BCUT2D eigenvalue weighted by Gasteiger charge is 2.14. The number of carboxylic acid groups (broad SMARTS) is 1. The molecule has 28 heavy (non-hydrogen) atoms. The van der Waals surface area contributed by atoms with Crippen LogP contribution in [-0.4, -0.2) is 17.0 Å². The van der Waals surface area contributed by atoms with Crippen molar-refractivity contribution in [3.63, 3.8) is 0 Å². The molecule has 0 heterocycles. The molecule has 0 aliphatic rings. The number of carbonyl (C=O) groups excluding carboxylic acids is 1. The van der Waals surface area contributed by atoms with Gasteiger partial charge in [-0.2, -0.15) is 0 Å². The summed E-state index contributed by atoms with van der Waals surface area (Å²) in [7, 11) is 0. The SMILES string of the molecule is O=C(C=C(c1ccccc1Cl)c1ccccc1Cl)Nc1ccc(C(=O)O)cc1. The maximum atomic E-state index is 12.6. The first-order valence-corrected chi connectivity index (χ1v) is 9.07. The molecule has 0 unspecified atom stereocenters. The van der Waals surface area contributed by atoms with E-state index in [4.69, 9.17) is 28.3 Å². The van der Waals surface area contributed by atoms with Gasteiger partial charge in [0.2, 0.25) is 5.91 Å². The molecule has 0 aliphatic heterocycles. The Morgan fingerprint density at radius 1 is 0.786 bits per heavy atom. The van der Waals surface area contributed by atoms with Crippen molar-refractivity contribution in [3.8, 4) is 0 Å². The van der Waals surface area contributed by atoms with Crippen molar-refractivity contribution >= 4 is 46.3 Å². The topological polar surface area (TPSA) is 66.4 Å². The van der Waals surface area contributed by atoms with Crippen LogP contribution in [0.1, 0.15) is 21.5 Å². The zero-order valence-corrected chi connectivity index (χ0v) is 16.0. The van der Waals surface area contributed by atoms with Crippen molar-refractivity contribution in [1.29, 1.82) is 0 Å². The minimum absolute atomic E-state index is 0.140. The fraction of sp³-hybridized carbons (Fsp3) is 0. The van der Waals surface area contributed by atoms with Crippen molar-refractivity contribution in [2.75, 3.05) is 5.32 Å². The van der Waals surface area contributed by atoms with Crippen LogP contribution in [0.25, 0.3) is 5.57 Å². The smallest absolute Gasteiger partial charge is 0.335 e. The third-order valence-electron chi connectivity index (χ3n) is 4.00. The number of nitrogens with one attached hydrogen (secondary N) is 1. The van der Waals surface area contributed by atoms with Crippen LogP contribution in [0.4, 0.5) is 5.69 Å². The Labute approximate surface area is 172 Å². The predicted octanol–water partition coefficient (Wildman–Crippen LogP) is 5.76. The first-order valence-electron chi connectivity index (χ1n) is 8.31. The summed E-state index contributed by atoms with van der Waals surface area (Å²) >= 11 is 12.7. The molecule has 0 fully saturated rings. The van der Waals surface area contributed by atoms with Crippen molar-refractivity contribution in [3.05, 3.63) is 106 Å². The van der Waals surface area contributed by atoms with Gasteiger partial charge in [0.15, 0.2) is 0 Å². The number of benzene rings is 3. The molecule has 6 heteroatoms. The second kappa shape index (κ2) is 8.74. The monoisotopic (exact) mass is 411 g/mol. The van der Waals surface area contributed by atoms with E-state index < -0.39 is 11.9 Å². The zero-order valence-electron chi connectivity index (χ0n) is 14.5. The molecule has 3 rings (SSSR count). The van der Waals surface area contributed by atoms with Crippen molar-refractivity contribution in [2.24, 2.45) is 0 Å². The summed E-state index contributed by atoms with van der Waals surface area (Å²) in [6, 6.07) is 20.3. The van der Waals surface area contributed by atoms with Gasteiger partial charge in [-0.3, -0.25) is 4.79 Å². The number of hydrogen-bond donors (Lipinski definition) is 2. The molecule has 0 radical (unpaired) electrons. The molecule has 4 nitrogen and oxygen atoms in total. The number of carboxylic acids is 1. The average Bonchev–Trinajstić information content (AvgIpc) is 2.68. The fourth-order valence-corrected chi connectivity index (χ4v) is 3.14. The minimum Gasteiger partial charge on any atom is -0.478 e. The molecule has 0 atom stereocenters. The van der Waals surface area contributed by atoms with Crippen LogP contribution < -0.4 is 5.32 Å². The molecule has 0 saturated heterocycles. The van der Waals surface area contributed by atoms with Crippen molar-refractivity contribution in [1.82, 2.24) is 0 Å². The molecule has 3 aromatic carbocycles. The lowest BCUT2D eigenvalue weighted by atomic mass is 9.97. The van der Waals surface area contributed by atoms with E-state index in [1.54, 1.807) is 24.3 Å². The highest BCUT2D eigenvalue weighted by atomic mass is 35.5. The Kier molecular flexibility index (Phi) is 6.14. The summed E-state index contributed by atoms with van der Waals surface area (Å²) in [5, 5.41) is 12.7. The van der Waals surface area contributed by atoms with E-state index in [0.29, 0.717) is 32.4 Å². The third-order valence-corrected chi connectivity index (χ3v) is 4.66. The Morgan fingerprint density at radius 2 is 1.29 bits per heavy atom. The lowest BCUT2D eigenvalue weighted by molar-refractivity contribution is -0.111.